The number of amides is 2. The molecule has 33 heavy (non-hydrogen) atoms. The zero-order valence-corrected chi connectivity index (χ0v) is 19.5. The maximum atomic E-state index is 12.9. The first-order chi connectivity index (χ1) is 15.8. The zero-order chi connectivity index (χ0) is 23.2. The lowest BCUT2D eigenvalue weighted by Crippen LogP contribution is -2.45. The second-order valence-electron chi connectivity index (χ2n) is 10.2. The molecule has 10 nitrogen and oxygen atoms in total. The summed E-state index contributed by atoms with van der Waals surface area (Å²) < 4.78 is 11.3. The number of piperidine rings is 1. The minimum atomic E-state index is -0.103. The smallest absolute Gasteiger partial charge is 0.291 e. The summed E-state index contributed by atoms with van der Waals surface area (Å²) in [6.07, 6.45) is 6.00. The van der Waals surface area contributed by atoms with Crippen LogP contribution in [-0.2, 0) is 4.79 Å². The van der Waals surface area contributed by atoms with Gasteiger partial charge in [-0.1, -0.05) is 13.8 Å². The van der Waals surface area contributed by atoms with Crippen LogP contribution in [-0.4, -0.2) is 69.0 Å². The van der Waals surface area contributed by atoms with E-state index < -0.39 is 0 Å². The second-order valence-corrected chi connectivity index (χ2v) is 10.2. The molecule has 0 aromatic carbocycles. The van der Waals surface area contributed by atoms with E-state index in [1.807, 2.05) is 18.7 Å². The highest BCUT2D eigenvalue weighted by Crippen LogP contribution is 2.49. The molecule has 2 saturated heterocycles. The molecular weight excluding hydrogens is 424 g/mol. The Bertz CT molecular complexity index is 1020. The van der Waals surface area contributed by atoms with Crippen LogP contribution in [0.1, 0.15) is 85.9 Å². The maximum Gasteiger partial charge on any atom is 0.291 e. The number of aryl methyl sites for hydroxylation is 1. The number of hydrogen-bond acceptors (Lipinski definition) is 8. The van der Waals surface area contributed by atoms with Gasteiger partial charge in [-0.25, -0.2) is 4.98 Å². The van der Waals surface area contributed by atoms with Gasteiger partial charge in [0.1, 0.15) is 0 Å². The summed E-state index contributed by atoms with van der Waals surface area (Å²) in [5, 5.41) is 11.7. The van der Waals surface area contributed by atoms with Crippen LogP contribution in [0.2, 0.25) is 0 Å². The van der Waals surface area contributed by atoms with Crippen molar-refractivity contribution in [2.24, 2.45) is 5.41 Å². The molecule has 1 aliphatic carbocycles. The van der Waals surface area contributed by atoms with Crippen LogP contribution in [0.4, 0.5) is 0 Å². The summed E-state index contributed by atoms with van der Waals surface area (Å²) >= 11 is 0. The molecule has 1 N–H and O–H groups in total. The summed E-state index contributed by atoms with van der Waals surface area (Å²) in [5.74, 6) is 1.63. The molecule has 1 atom stereocenters. The molecule has 2 aromatic rings. The summed E-state index contributed by atoms with van der Waals surface area (Å²) in [7, 11) is 0. The molecule has 2 aromatic heterocycles. The van der Waals surface area contributed by atoms with Crippen molar-refractivity contribution in [3.05, 3.63) is 29.6 Å². The fourth-order valence-electron chi connectivity index (χ4n) is 5.05. The number of rotatable bonds is 6. The zero-order valence-electron chi connectivity index (χ0n) is 19.5. The van der Waals surface area contributed by atoms with Crippen LogP contribution >= 0.6 is 0 Å². The first-order valence-electron chi connectivity index (χ1n) is 11.9. The molecule has 178 valence electrons. The van der Waals surface area contributed by atoms with Crippen molar-refractivity contribution in [2.75, 3.05) is 26.2 Å². The van der Waals surface area contributed by atoms with Gasteiger partial charge in [-0.2, -0.15) is 0 Å². The SMILES string of the molecule is Cc1ncoc1C(=O)N1CCC2(CC1)CC(c1nnc(C(C)C)o1)N(CC(=O)NC1CC1)C2. The number of oxazole rings is 1. The largest absolute Gasteiger partial charge is 0.438 e. The van der Waals surface area contributed by atoms with Crippen molar-refractivity contribution >= 4 is 11.8 Å². The van der Waals surface area contributed by atoms with E-state index in [0.717, 1.165) is 38.6 Å². The third kappa shape index (κ3) is 4.53. The molecule has 5 rings (SSSR count). The van der Waals surface area contributed by atoms with E-state index >= 15 is 0 Å². The van der Waals surface area contributed by atoms with E-state index in [4.69, 9.17) is 8.83 Å². The lowest BCUT2D eigenvalue weighted by Gasteiger charge is -2.39. The van der Waals surface area contributed by atoms with E-state index in [9.17, 15) is 9.59 Å². The standard InChI is InChI=1S/C23H32N6O4/c1-14(2)20-26-27-21(33-20)17-10-23(12-29(17)11-18(30)25-16-4-5-16)6-8-28(9-7-23)22(31)19-15(3)24-13-32-19/h13-14,16-17H,4-12H2,1-3H3,(H,25,30). The Morgan fingerprint density at radius 2 is 2.00 bits per heavy atom. The normalized spacial score (nSPS) is 22.9. The summed E-state index contributed by atoms with van der Waals surface area (Å²) in [6, 6.07) is 0.242. The van der Waals surface area contributed by atoms with E-state index in [1.54, 1.807) is 6.92 Å². The van der Waals surface area contributed by atoms with E-state index in [1.165, 1.54) is 6.39 Å². The number of nitrogens with zero attached hydrogens (tertiary/aromatic N) is 5. The van der Waals surface area contributed by atoms with E-state index in [0.29, 0.717) is 48.9 Å². The molecule has 4 heterocycles. The number of likely N-dealkylation sites (tertiary alicyclic amines) is 2. The molecule has 2 aliphatic heterocycles. The van der Waals surface area contributed by atoms with Crippen LogP contribution in [0.5, 0.6) is 0 Å². The summed E-state index contributed by atoms with van der Waals surface area (Å²) in [5.41, 5.74) is 0.621. The minimum absolute atomic E-state index is 0.00420. The van der Waals surface area contributed by atoms with Crippen LogP contribution in [0.15, 0.2) is 15.2 Å². The van der Waals surface area contributed by atoms with Gasteiger partial charge in [0.05, 0.1) is 18.3 Å². The Kier molecular flexibility index (Phi) is 5.72. The fourth-order valence-corrected chi connectivity index (χ4v) is 5.05. The summed E-state index contributed by atoms with van der Waals surface area (Å²) in [6.45, 7) is 8.23. The molecule has 0 radical (unpaired) electrons. The third-order valence-corrected chi connectivity index (χ3v) is 7.18. The van der Waals surface area contributed by atoms with Crippen molar-refractivity contribution < 1.29 is 18.4 Å². The molecule has 1 unspecified atom stereocenters. The first kappa shape index (κ1) is 22.1. The highest BCUT2D eigenvalue weighted by Gasteiger charge is 2.49. The van der Waals surface area contributed by atoms with Crippen molar-refractivity contribution in [2.45, 2.75) is 70.9 Å². The Balaban J connectivity index is 1.30. The predicted octanol–water partition coefficient (Wildman–Crippen LogP) is 2.44. The van der Waals surface area contributed by atoms with Crippen LogP contribution in [0.25, 0.3) is 0 Å². The Morgan fingerprint density at radius 3 is 2.61 bits per heavy atom. The maximum absolute atomic E-state index is 12.9. The van der Waals surface area contributed by atoms with Gasteiger partial charge in [0.25, 0.3) is 5.91 Å². The molecule has 1 spiro atoms. The van der Waals surface area contributed by atoms with Gasteiger partial charge in [-0.3, -0.25) is 14.5 Å². The van der Waals surface area contributed by atoms with Gasteiger partial charge < -0.3 is 19.1 Å². The highest BCUT2D eigenvalue weighted by molar-refractivity contribution is 5.92. The lowest BCUT2D eigenvalue weighted by atomic mass is 9.76. The number of nitrogens with one attached hydrogen (secondary N) is 1. The minimum Gasteiger partial charge on any atom is -0.438 e. The molecular formula is C23H32N6O4. The average Bonchev–Trinajstić information content (AvgIpc) is 3.15. The molecule has 2 amide bonds. The Morgan fingerprint density at radius 1 is 1.24 bits per heavy atom. The number of hydrogen-bond donors (Lipinski definition) is 1. The highest BCUT2D eigenvalue weighted by atomic mass is 16.4. The number of carbonyl (C=O) groups excluding carboxylic acids is 2. The van der Waals surface area contributed by atoms with Crippen molar-refractivity contribution in [1.82, 2.24) is 30.3 Å². The van der Waals surface area contributed by atoms with Gasteiger partial charge in [0, 0.05) is 31.6 Å². The molecule has 3 aliphatic rings. The Hall–Kier alpha value is -2.75. The van der Waals surface area contributed by atoms with E-state index in [2.05, 4.69) is 25.4 Å². The number of carbonyl (C=O) groups is 2. The van der Waals surface area contributed by atoms with Crippen LogP contribution < -0.4 is 5.32 Å². The van der Waals surface area contributed by atoms with Crippen molar-refractivity contribution in [3.63, 3.8) is 0 Å². The number of aromatic nitrogens is 3. The topological polar surface area (TPSA) is 118 Å². The fraction of sp³-hybridized carbons (Fsp3) is 0.696. The van der Waals surface area contributed by atoms with E-state index in [-0.39, 0.29) is 29.2 Å². The monoisotopic (exact) mass is 456 g/mol. The molecule has 10 heteroatoms. The average molecular weight is 457 g/mol. The van der Waals surface area contributed by atoms with Gasteiger partial charge in [0.15, 0.2) is 6.39 Å². The third-order valence-electron chi connectivity index (χ3n) is 7.18. The first-order valence-corrected chi connectivity index (χ1v) is 11.9. The van der Waals surface area contributed by atoms with Gasteiger partial charge >= 0.3 is 0 Å². The molecule has 3 fully saturated rings. The Labute approximate surface area is 193 Å². The second kappa shape index (κ2) is 8.55. The molecule has 1 saturated carbocycles. The quantitative estimate of drug-likeness (QED) is 0.704. The van der Waals surface area contributed by atoms with Gasteiger partial charge in [0.2, 0.25) is 23.4 Å². The van der Waals surface area contributed by atoms with Gasteiger partial charge in [-0.15, -0.1) is 10.2 Å². The lowest BCUT2D eigenvalue weighted by molar-refractivity contribution is -0.122. The molecule has 0 bridgehead atoms. The summed E-state index contributed by atoms with van der Waals surface area (Å²) in [4.78, 5) is 33.6. The van der Waals surface area contributed by atoms with Crippen LogP contribution in [0.3, 0.4) is 0 Å². The van der Waals surface area contributed by atoms with Gasteiger partial charge in [-0.05, 0) is 44.4 Å². The van der Waals surface area contributed by atoms with Crippen molar-refractivity contribution in [3.8, 4) is 0 Å². The van der Waals surface area contributed by atoms with Crippen LogP contribution in [0, 0.1) is 12.3 Å². The predicted molar refractivity (Wildman–Crippen MR) is 117 cm³/mol. The van der Waals surface area contributed by atoms with Crippen molar-refractivity contribution in [1.29, 1.82) is 0 Å².